The maximum atomic E-state index is 9.21. The molecule has 1 heterocycles. The Balaban J connectivity index is 2.07. The van der Waals surface area contributed by atoms with E-state index in [1.165, 1.54) is 11.3 Å². The minimum atomic E-state index is -0.356. The smallest absolute Gasteiger partial charge is 0.121 e. The molecule has 1 aromatic carbocycles. The SMILES string of the molecule is CN1CCc2cc(C(C#N)NCCN=[N+]=[N-])ccc21. The van der Waals surface area contributed by atoms with Gasteiger partial charge in [0.2, 0.25) is 0 Å². The highest BCUT2D eigenvalue weighted by Gasteiger charge is 2.18. The summed E-state index contributed by atoms with van der Waals surface area (Å²) in [6, 6.07) is 8.02. The Kier molecular flexibility index (Phi) is 4.24. The number of hydrogen-bond donors (Lipinski definition) is 1. The van der Waals surface area contributed by atoms with Crippen molar-refractivity contribution in [3.63, 3.8) is 0 Å². The van der Waals surface area contributed by atoms with E-state index < -0.39 is 0 Å². The van der Waals surface area contributed by atoms with Crippen molar-refractivity contribution in [1.29, 1.82) is 5.26 Å². The topological polar surface area (TPSA) is 87.8 Å². The maximum Gasteiger partial charge on any atom is 0.121 e. The van der Waals surface area contributed by atoms with Crippen LogP contribution in [0.2, 0.25) is 0 Å². The van der Waals surface area contributed by atoms with Crippen LogP contribution in [0, 0.1) is 11.3 Å². The maximum absolute atomic E-state index is 9.21. The molecule has 2 rings (SSSR count). The molecule has 1 atom stereocenters. The van der Waals surface area contributed by atoms with Gasteiger partial charge in [0, 0.05) is 37.3 Å². The minimum Gasteiger partial charge on any atom is -0.374 e. The molecule has 0 saturated carbocycles. The number of hydrogen-bond acceptors (Lipinski definition) is 4. The summed E-state index contributed by atoms with van der Waals surface area (Å²) in [5.74, 6) is 0. The van der Waals surface area contributed by atoms with Crippen LogP contribution < -0.4 is 10.2 Å². The fourth-order valence-corrected chi connectivity index (χ4v) is 2.31. The number of nitrogens with one attached hydrogen (secondary N) is 1. The molecule has 6 nitrogen and oxygen atoms in total. The predicted molar refractivity (Wildman–Crippen MR) is 73.8 cm³/mol. The van der Waals surface area contributed by atoms with E-state index in [0.29, 0.717) is 13.1 Å². The largest absolute Gasteiger partial charge is 0.374 e. The number of likely N-dealkylation sites (N-methyl/N-ethyl adjacent to an activating group) is 1. The molecule has 0 aliphatic carbocycles. The van der Waals surface area contributed by atoms with Gasteiger partial charge in [-0.3, -0.25) is 5.32 Å². The molecular formula is C13H16N6. The second kappa shape index (κ2) is 6.10. The fraction of sp³-hybridized carbons (Fsp3) is 0.462. The summed E-state index contributed by atoms with van der Waals surface area (Å²) < 4.78 is 0. The molecule has 6 heteroatoms. The van der Waals surface area contributed by atoms with Crippen LogP contribution >= 0.6 is 0 Å². The van der Waals surface area contributed by atoms with Crippen LogP contribution in [-0.2, 0) is 6.42 Å². The minimum absolute atomic E-state index is 0.350. The average Bonchev–Trinajstić information content (AvgIpc) is 2.80. The van der Waals surface area contributed by atoms with E-state index in [-0.39, 0.29) is 6.04 Å². The Morgan fingerprint density at radius 2 is 2.47 bits per heavy atom. The molecule has 1 N–H and O–H groups in total. The highest BCUT2D eigenvalue weighted by molar-refractivity contribution is 5.59. The van der Waals surface area contributed by atoms with Crippen LogP contribution in [0.15, 0.2) is 23.3 Å². The van der Waals surface area contributed by atoms with E-state index >= 15 is 0 Å². The second-order valence-corrected chi connectivity index (χ2v) is 4.53. The second-order valence-electron chi connectivity index (χ2n) is 4.53. The van der Waals surface area contributed by atoms with Gasteiger partial charge < -0.3 is 4.90 Å². The van der Waals surface area contributed by atoms with Crippen LogP contribution in [0.4, 0.5) is 5.69 Å². The zero-order valence-electron chi connectivity index (χ0n) is 10.9. The summed E-state index contributed by atoms with van der Waals surface area (Å²) >= 11 is 0. The van der Waals surface area contributed by atoms with Gasteiger partial charge in [0.15, 0.2) is 0 Å². The first-order valence-corrected chi connectivity index (χ1v) is 6.24. The van der Waals surface area contributed by atoms with E-state index in [9.17, 15) is 5.26 Å². The van der Waals surface area contributed by atoms with Gasteiger partial charge in [0.25, 0.3) is 0 Å². The molecule has 0 radical (unpaired) electrons. The molecule has 0 amide bonds. The van der Waals surface area contributed by atoms with Crippen LogP contribution in [0.25, 0.3) is 10.4 Å². The van der Waals surface area contributed by atoms with Crippen molar-refractivity contribution in [2.75, 3.05) is 31.6 Å². The third kappa shape index (κ3) is 2.97. The number of anilines is 1. The number of nitriles is 1. The normalized spacial score (nSPS) is 14.4. The monoisotopic (exact) mass is 256 g/mol. The standard InChI is InChI=1S/C13H16N6/c1-19-7-4-11-8-10(2-3-13(11)19)12(9-14)16-5-6-17-18-15/h2-3,8,12,16H,4-7H2,1H3. The van der Waals surface area contributed by atoms with E-state index in [1.54, 1.807) is 0 Å². The Hall–Kier alpha value is -2.22. The third-order valence-corrected chi connectivity index (χ3v) is 3.32. The van der Waals surface area contributed by atoms with E-state index in [1.807, 2.05) is 6.07 Å². The Labute approximate surface area is 112 Å². The van der Waals surface area contributed by atoms with Crippen molar-refractivity contribution >= 4 is 5.69 Å². The number of nitrogens with zero attached hydrogens (tertiary/aromatic N) is 5. The molecular weight excluding hydrogens is 240 g/mol. The van der Waals surface area contributed by atoms with Gasteiger partial charge in [-0.25, -0.2) is 0 Å². The van der Waals surface area contributed by atoms with Gasteiger partial charge in [-0.15, -0.1) is 0 Å². The first kappa shape index (κ1) is 13.2. The molecule has 98 valence electrons. The lowest BCUT2D eigenvalue weighted by Crippen LogP contribution is -2.22. The molecule has 1 aliphatic rings. The summed E-state index contributed by atoms with van der Waals surface area (Å²) in [5.41, 5.74) is 11.7. The van der Waals surface area contributed by atoms with Crippen LogP contribution in [-0.4, -0.2) is 26.7 Å². The Bertz CT molecular complexity index is 541. The molecule has 1 aromatic rings. The highest BCUT2D eigenvalue weighted by atomic mass is 15.1. The Morgan fingerprint density at radius 3 is 3.21 bits per heavy atom. The summed E-state index contributed by atoms with van der Waals surface area (Å²) in [6.07, 6.45) is 1.02. The molecule has 0 aromatic heterocycles. The lowest BCUT2D eigenvalue weighted by atomic mass is 10.0. The highest BCUT2D eigenvalue weighted by Crippen LogP contribution is 2.29. The van der Waals surface area contributed by atoms with Gasteiger partial charge in [-0.1, -0.05) is 17.2 Å². The van der Waals surface area contributed by atoms with Crippen LogP contribution in [0.1, 0.15) is 17.2 Å². The molecule has 0 saturated heterocycles. The van der Waals surface area contributed by atoms with Gasteiger partial charge in [-0.2, -0.15) is 5.26 Å². The van der Waals surface area contributed by atoms with Crippen LogP contribution in [0.3, 0.4) is 0 Å². The Morgan fingerprint density at radius 1 is 1.63 bits per heavy atom. The first-order valence-electron chi connectivity index (χ1n) is 6.24. The van der Waals surface area contributed by atoms with Crippen molar-refractivity contribution < 1.29 is 0 Å². The number of benzene rings is 1. The molecule has 19 heavy (non-hydrogen) atoms. The summed E-state index contributed by atoms with van der Waals surface area (Å²) in [4.78, 5) is 4.90. The van der Waals surface area contributed by atoms with E-state index in [2.05, 4.69) is 45.5 Å². The quantitative estimate of drug-likeness (QED) is 0.379. The van der Waals surface area contributed by atoms with Crippen molar-refractivity contribution in [2.45, 2.75) is 12.5 Å². The van der Waals surface area contributed by atoms with Crippen LogP contribution in [0.5, 0.6) is 0 Å². The van der Waals surface area contributed by atoms with Gasteiger partial charge in [0.1, 0.15) is 6.04 Å². The number of rotatable bonds is 5. The summed E-state index contributed by atoms with van der Waals surface area (Å²) in [6.45, 7) is 1.88. The zero-order valence-corrected chi connectivity index (χ0v) is 10.9. The fourth-order valence-electron chi connectivity index (χ4n) is 2.31. The number of fused-ring (bicyclic) bond motifs is 1. The zero-order chi connectivity index (χ0) is 13.7. The first-order chi connectivity index (χ1) is 9.26. The van der Waals surface area contributed by atoms with Crippen molar-refractivity contribution in [3.8, 4) is 6.07 Å². The molecule has 0 fully saturated rings. The molecule has 1 aliphatic heterocycles. The summed E-state index contributed by atoms with van der Waals surface area (Å²) in [5, 5.41) is 15.7. The van der Waals surface area contributed by atoms with Gasteiger partial charge >= 0.3 is 0 Å². The lowest BCUT2D eigenvalue weighted by Gasteiger charge is -2.15. The van der Waals surface area contributed by atoms with Gasteiger partial charge in [-0.05, 0) is 29.1 Å². The van der Waals surface area contributed by atoms with Crippen molar-refractivity contribution in [1.82, 2.24) is 5.32 Å². The van der Waals surface area contributed by atoms with Crippen molar-refractivity contribution in [3.05, 3.63) is 39.8 Å². The number of azide groups is 1. The van der Waals surface area contributed by atoms with Gasteiger partial charge in [0.05, 0.1) is 6.07 Å². The van der Waals surface area contributed by atoms with E-state index in [0.717, 1.165) is 18.5 Å². The van der Waals surface area contributed by atoms with Crippen molar-refractivity contribution in [2.24, 2.45) is 5.11 Å². The molecule has 1 unspecified atom stereocenters. The molecule has 0 bridgehead atoms. The molecule has 0 spiro atoms. The third-order valence-electron chi connectivity index (χ3n) is 3.32. The van der Waals surface area contributed by atoms with E-state index in [4.69, 9.17) is 5.53 Å². The average molecular weight is 256 g/mol. The predicted octanol–water partition coefficient (Wildman–Crippen LogP) is 2.14. The lowest BCUT2D eigenvalue weighted by molar-refractivity contribution is 0.635. The summed E-state index contributed by atoms with van der Waals surface area (Å²) in [7, 11) is 2.07.